The van der Waals surface area contributed by atoms with Crippen LogP contribution in [0.4, 0.5) is 0 Å². The molecule has 1 aliphatic rings. The number of hydrogen-bond donors (Lipinski definition) is 0. The van der Waals surface area contributed by atoms with E-state index in [1.54, 1.807) is 0 Å². The Morgan fingerprint density at radius 2 is 1.68 bits per heavy atom. The Labute approximate surface area is 146 Å². The van der Waals surface area contributed by atoms with Crippen molar-refractivity contribution in [2.24, 2.45) is 0 Å². The Balaban J connectivity index is 1.56. The molecule has 2 aromatic heterocycles. The van der Waals surface area contributed by atoms with Crippen LogP contribution in [0.2, 0.25) is 0 Å². The summed E-state index contributed by atoms with van der Waals surface area (Å²) in [7, 11) is 0. The third-order valence-corrected chi connectivity index (χ3v) is 4.75. The van der Waals surface area contributed by atoms with Crippen LogP contribution in [-0.2, 0) is 6.42 Å². The lowest BCUT2D eigenvalue weighted by molar-refractivity contribution is 1.13. The van der Waals surface area contributed by atoms with Crippen molar-refractivity contribution in [3.8, 4) is 11.3 Å². The molecule has 0 fully saturated rings. The van der Waals surface area contributed by atoms with Crippen LogP contribution in [0.15, 0.2) is 85.1 Å². The second-order valence-corrected chi connectivity index (χ2v) is 6.29. The van der Waals surface area contributed by atoms with Crippen LogP contribution in [0.3, 0.4) is 0 Å². The Hall–Kier alpha value is -3.26. The molecule has 4 aromatic rings. The van der Waals surface area contributed by atoms with Gasteiger partial charge in [-0.1, -0.05) is 54.6 Å². The minimum atomic E-state index is 0.885. The van der Waals surface area contributed by atoms with Crippen molar-refractivity contribution < 1.29 is 0 Å². The second kappa shape index (κ2) is 5.67. The van der Waals surface area contributed by atoms with Crippen molar-refractivity contribution in [2.75, 3.05) is 0 Å². The Kier molecular flexibility index (Phi) is 3.20. The molecule has 0 radical (unpaired) electrons. The van der Waals surface area contributed by atoms with Gasteiger partial charge in [0.1, 0.15) is 0 Å². The standard InChI is InChI=1S/C23H16N2/c1-2-5-16(6-3-1)22-12-10-20-19(9-13-23(20)25-22)17-8-11-21-18(15-17)7-4-14-24-21/h1-12,14-15H,13H2. The van der Waals surface area contributed by atoms with Crippen molar-refractivity contribution in [2.45, 2.75) is 6.42 Å². The van der Waals surface area contributed by atoms with Gasteiger partial charge in [0.2, 0.25) is 0 Å². The fraction of sp³-hybridized carbons (Fsp3) is 0.0435. The van der Waals surface area contributed by atoms with Crippen LogP contribution in [0.5, 0.6) is 0 Å². The molecule has 0 unspecified atom stereocenters. The zero-order valence-electron chi connectivity index (χ0n) is 13.7. The summed E-state index contributed by atoms with van der Waals surface area (Å²) < 4.78 is 0. The molecule has 25 heavy (non-hydrogen) atoms. The summed E-state index contributed by atoms with van der Waals surface area (Å²) in [5, 5.41) is 1.17. The summed E-state index contributed by atoms with van der Waals surface area (Å²) >= 11 is 0. The first-order valence-electron chi connectivity index (χ1n) is 8.49. The van der Waals surface area contributed by atoms with Gasteiger partial charge >= 0.3 is 0 Å². The third kappa shape index (κ3) is 2.43. The topological polar surface area (TPSA) is 25.8 Å². The number of pyridine rings is 2. The summed E-state index contributed by atoms with van der Waals surface area (Å²) in [4.78, 5) is 9.30. The summed E-state index contributed by atoms with van der Waals surface area (Å²) in [5.41, 5.74) is 8.13. The molecule has 0 N–H and O–H groups in total. The molecule has 0 spiro atoms. The predicted octanol–water partition coefficient (Wildman–Crippen LogP) is 5.28. The highest BCUT2D eigenvalue weighted by Crippen LogP contribution is 2.34. The molecule has 0 bridgehead atoms. The summed E-state index contributed by atoms with van der Waals surface area (Å²) in [6.45, 7) is 0. The smallest absolute Gasteiger partial charge is 0.0705 e. The van der Waals surface area contributed by atoms with Crippen LogP contribution < -0.4 is 0 Å². The van der Waals surface area contributed by atoms with Gasteiger partial charge in [-0.3, -0.25) is 9.97 Å². The maximum absolute atomic E-state index is 4.90. The molecule has 0 saturated heterocycles. The molecule has 1 aliphatic carbocycles. The van der Waals surface area contributed by atoms with E-state index < -0.39 is 0 Å². The largest absolute Gasteiger partial charge is 0.256 e. The Bertz CT molecular complexity index is 1110. The van der Waals surface area contributed by atoms with Gasteiger partial charge in [0.25, 0.3) is 0 Å². The van der Waals surface area contributed by atoms with Gasteiger partial charge < -0.3 is 0 Å². The Morgan fingerprint density at radius 1 is 0.760 bits per heavy atom. The molecule has 2 nitrogen and oxygen atoms in total. The van der Waals surface area contributed by atoms with E-state index >= 15 is 0 Å². The first-order valence-corrected chi connectivity index (χ1v) is 8.49. The first kappa shape index (κ1) is 14.1. The molecule has 2 heteroatoms. The number of hydrogen-bond acceptors (Lipinski definition) is 2. The van der Waals surface area contributed by atoms with Crippen molar-refractivity contribution in [3.63, 3.8) is 0 Å². The lowest BCUT2D eigenvalue weighted by atomic mass is 9.99. The van der Waals surface area contributed by atoms with Gasteiger partial charge in [-0.15, -0.1) is 0 Å². The zero-order valence-corrected chi connectivity index (χ0v) is 13.7. The SMILES string of the molecule is C1=C(c2ccc3ncccc3c2)c2ccc(-c3ccccc3)nc2C1. The predicted molar refractivity (Wildman–Crippen MR) is 102 cm³/mol. The highest BCUT2D eigenvalue weighted by molar-refractivity contribution is 5.90. The second-order valence-electron chi connectivity index (χ2n) is 6.29. The number of allylic oxidation sites excluding steroid dienone is 1. The average Bonchev–Trinajstić information content (AvgIpc) is 3.11. The van der Waals surface area contributed by atoms with E-state index in [9.17, 15) is 0 Å². The molecule has 118 valence electrons. The van der Waals surface area contributed by atoms with Gasteiger partial charge in [0, 0.05) is 29.1 Å². The van der Waals surface area contributed by atoms with Crippen molar-refractivity contribution in [3.05, 3.63) is 102 Å². The average molecular weight is 320 g/mol. The monoisotopic (exact) mass is 320 g/mol. The quantitative estimate of drug-likeness (QED) is 0.502. The van der Waals surface area contributed by atoms with E-state index in [-0.39, 0.29) is 0 Å². The zero-order chi connectivity index (χ0) is 16.6. The number of benzene rings is 2. The van der Waals surface area contributed by atoms with Crippen LogP contribution in [0.1, 0.15) is 16.8 Å². The van der Waals surface area contributed by atoms with Crippen LogP contribution >= 0.6 is 0 Å². The lowest BCUT2D eigenvalue weighted by Gasteiger charge is -2.09. The number of aromatic nitrogens is 2. The number of nitrogens with zero attached hydrogens (tertiary/aromatic N) is 2. The van der Waals surface area contributed by atoms with E-state index in [0.717, 1.165) is 28.9 Å². The molecule has 2 heterocycles. The normalized spacial score (nSPS) is 12.9. The van der Waals surface area contributed by atoms with E-state index in [2.05, 4.69) is 71.7 Å². The van der Waals surface area contributed by atoms with Crippen LogP contribution in [0, 0.1) is 0 Å². The molecule has 2 aromatic carbocycles. The lowest BCUT2D eigenvalue weighted by Crippen LogP contribution is -1.93. The maximum Gasteiger partial charge on any atom is 0.0705 e. The summed E-state index contributed by atoms with van der Waals surface area (Å²) in [6.07, 6.45) is 5.00. The van der Waals surface area contributed by atoms with Crippen LogP contribution in [-0.4, -0.2) is 9.97 Å². The van der Waals surface area contributed by atoms with Gasteiger partial charge in [-0.25, -0.2) is 0 Å². The molecule has 0 saturated carbocycles. The fourth-order valence-electron chi connectivity index (χ4n) is 3.50. The molecule has 0 amide bonds. The molecular formula is C23H16N2. The highest BCUT2D eigenvalue weighted by Gasteiger charge is 2.18. The maximum atomic E-state index is 4.90. The molecule has 5 rings (SSSR count). The number of rotatable bonds is 2. The van der Waals surface area contributed by atoms with Crippen molar-refractivity contribution in [1.29, 1.82) is 0 Å². The third-order valence-electron chi connectivity index (χ3n) is 4.75. The van der Waals surface area contributed by atoms with E-state index in [4.69, 9.17) is 4.98 Å². The minimum absolute atomic E-state index is 0.885. The van der Waals surface area contributed by atoms with E-state index in [0.29, 0.717) is 0 Å². The van der Waals surface area contributed by atoms with Crippen molar-refractivity contribution in [1.82, 2.24) is 9.97 Å². The van der Waals surface area contributed by atoms with Gasteiger partial charge in [0.15, 0.2) is 0 Å². The minimum Gasteiger partial charge on any atom is -0.256 e. The Morgan fingerprint density at radius 3 is 2.60 bits per heavy atom. The van der Waals surface area contributed by atoms with Crippen molar-refractivity contribution >= 4 is 16.5 Å². The van der Waals surface area contributed by atoms with Gasteiger partial charge in [0.05, 0.1) is 16.9 Å². The molecule has 0 aliphatic heterocycles. The summed E-state index contributed by atoms with van der Waals surface area (Å²) in [5.74, 6) is 0. The van der Waals surface area contributed by atoms with E-state index in [1.165, 1.54) is 22.1 Å². The first-order chi connectivity index (χ1) is 12.4. The van der Waals surface area contributed by atoms with Crippen LogP contribution in [0.25, 0.3) is 27.7 Å². The highest BCUT2D eigenvalue weighted by atomic mass is 14.7. The van der Waals surface area contributed by atoms with Gasteiger partial charge in [-0.05, 0) is 35.4 Å². The fourth-order valence-corrected chi connectivity index (χ4v) is 3.50. The molecular weight excluding hydrogens is 304 g/mol. The van der Waals surface area contributed by atoms with Gasteiger partial charge in [-0.2, -0.15) is 0 Å². The summed E-state index contributed by atoms with van der Waals surface area (Å²) in [6, 6.07) is 25.2. The molecule has 0 atom stereocenters. The van der Waals surface area contributed by atoms with E-state index in [1.807, 2.05) is 18.3 Å². The number of fused-ring (bicyclic) bond motifs is 2.